The van der Waals surface area contributed by atoms with Crippen LogP contribution >= 0.6 is 0 Å². The fourth-order valence-corrected chi connectivity index (χ4v) is 3.43. The Labute approximate surface area is 126 Å². The summed E-state index contributed by atoms with van der Waals surface area (Å²) in [5, 5.41) is 18.4. The number of nitrogens with zero attached hydrogens (tertiary/aromatic N) is 2. The fraction of sp³-hybridized carbons (Fsp3) is 0.812. The highest BCUT2D eigenvalue weighted by atomic mass is 16.5. The molecule has 118 valence electrons. The van der Waals surface area contributed by atoms with Crippen LogP contribution in [0.3, 0.4) is 0 Å². The fourth-order valence-electron chi connectivity index (χ4n) is 3.43. The number of nitrogens with one attached hydrogen (secondary N) is 1. The molecule has 1 aromatic heterocycles. The second-order valence-electron chi connectivity index (χ2n) is 6.55. The molecular formula is C16H27N3O2. The second-order valence-corrected chi connectivity index (χ2v) is 6.55. The van der Waals surface area contributed by atoms with Gasteiger partial charge in [0.15, 0.2) is 0 Å². The second kappa shape index (κ2) is 6.46. The molecule has 0 radical (unpaired) electrons. The number of ether oxygens (including phenoxy) is 1. The summed E-state index contributed by atoms with van der Waals surface area (Å²) in [6.45, 7) is 3.85. The van der Waals surface area contributed by atoms with E-state index in [1.54, 1.807) is 0 Å². The zero-order valence-corrected chi connectivity index (χ0v) is 12.9. The topological polar surface area (TPSA) is 59.3 Å². The maximum Gasteiger partial charge on any atom is 0.105 e. The maximum absolute atomic E-state index is 10.4. The van der Waals surface area contributed by atoms with Crippen molar-refractivity contribution in [2.75, 3.05) is 13.2 Å². The minimum absolute atomic E-state index is 0.0928. The van der Waals surface area contributed by atoms with Gasteiger partial charge in [-0.15, -0.1) is 0 Å². The Hall–Kier alpha value is -0.910. The summed E-state index contributed by atoms with van der Waals surface area (Å²) in [4.78, 5) is 0. The van der Waals surface area contributed by atoms with Crippen molar-refractivity contribution in [2.24, 2.45) is 0 Å². The highest BCUT2D eigenvalue weighted by Gasteiger charge is 2.38. The number of hydrogen-bond acceptors (Lipinski definition) is 4. The molecule has 21 heavy (non-hydrogen) atoms. The van der Waals surface area contributed by atoms with E-state index in [1.807, 2.05) is 6.92 Å². The third-order valence-electron chi connectivity index (χ3n) is 5.01. The van der Waals surface area contributed by atoms with Crippen LogP contribution in [0.5, 0.6) is 0 Å². The summed E-state index contributed by atoms with van der Waals surface area (Å²) in [5.41, 5.74) is 0.321. The van der Waals surface area contributed by atoms with Crippen LogP contribution in [0, 0.1) is 0 Å². The first kappa shape index (κ1) is 15.0. The summed E-state index contributed by atoms with van der Waals surface area (Å²) in [5.74, 6) is 0. The van der Waals surface area contributed by atoms with Crippen molar-refractivity contribution in [2.45, 2.75) is 69.7 Å². The highest BCUT2D eigenvalue weighted by Crippen LogP contribution is 2.27. The van der Waals surface area contributed by atoms with Crippen molar-refractivity contribution >= 4 is 0 Å². The lowest BCUT2D eigenvalue weighted by atomic mass is 9.96. The molecule has 2 N–H and O–H groups in total. The van der Waals surface area contributed by atoms with Gasteiger partial charge in [-0.2, -0.15) is 5.10 Å². The molecule has 1 saturated heterocycles. The van der Waals surface area contributed by atoms with Crippen LogP contribution in [0.15, 0.2) is 12.3 Å². The van der Waals surface area contributed by atoms with Crippen molar-refractivity contribution in [3.63, 3.8) is 0 Å². The van der Waals surface area contributed by atoms with Crippen molar-refractivity contribution < 1.29 is 9.84 Å². The molecule has 2 heterocycles. The van der Waals surface area contributed by atoms with Crippen LogP contribution in [0.4, 0.5) is 0 Å². The molecule has 2 unspecified atom stereocenters. The highest BCUT2D eigenvalue weighted by molar-refractivity contribution is 5.01. The van der Waals surface area contributed by atoms with E-state index in [4.69, 9.17) is 4.74 Å². The lowest BCUT2D eigenvalue weighted by molar-refractivity contribution is -0.0263. The molecule has 0 amide bonds. The summed E-state index contributed by atoms with van der Waals surface area (Å²) in [6.07, 6.45) is 9.23. The summed E-state index contributed by atoms with van der Waals surface area (Å²) < 4.78 is 7.58. The molecule has 5 nitrogen and oxygen atoms in total. The Kier molecular flexibility index (Phi) is 4.62. The van der Waals surface area contributed by atoms with E-state index in [0.29, 0.717) is 32.2 Å². The summed E-state index contributed by atoms with van der Waals surface area (Å²) in [7, 11) is 0. The van der Waals surface area contributed by atoms with E-state index in [0.717, 1.165) is 5.69 Å². The Morgan fingerprint density at radius 1 is 1.43 bits per heavy atom. The number of rotatable bonds is 5. The van der Waals surface area contributed by atoms with Crippen LogP contribution in [-0.4, -0.2) is 39.7 Å². The largest absolute Gasteiger partial charge is 0.386 e. The minimum Gasteiger partial charge on any atom is -0.386 e. The van der Waals surface area contributed by atoms with E-state index in [1.165, 1.54) is 32.1 Å². The van der Waals surface area contributed by atoms with Gasteiger partial charge in [-0.05, 0) is 25.8 Å². The molecule has 0 spiro atoms. The first-order chi connectivity index (χ1) is 10.2. The van der Waals surface area contributed by atoms with Crippen molar-refractivity contribution in [3.8, 4) is 0 Å². The van der Waals surface area contributed by atoms with Crippen molar-refractivity contribution in [1.29, 1.82) is 0 Å². The molecule has 2 aliphatic rings. The van der Waals surface area contributed by atoms with Crippen molar-refractivity contribution in [3.05, 3.63) is 18.0 Å². The lowest BCUT2D eigenvalue weighted by Gasteiger charge is -2.26. The predicted octanol–water partition coefficient (Wildman–Crippen LogP) is 2.02. The molecule has 5 heteroatoms. The predicted molar refractivity (Wildman–Crippen MR) is 81.0 cm³/mol. The smallest absolute Gasteiger partial charge is 0.105 e. The molecule has 1 aliphatic carbocycles. The quantitative estimate of drug-likeness (QED) is 0.872. The third kappa shape index (κ3) is 3.47. The monoisotopic (exact) mass is 293 g/mol. The van der Waals surface area contributed by atoms with Crippen molar-refractivity contribution in [1.82, 2.24) is 15.1 Å². The lowest BCUT2D eigenvalue weighted by Crippen LogP contribution is -2.45. The van der Waals surface area contributed by atoms with Gasteiger partial charge < -0.3 is 15.2 Å². The first-order valence-electron chi connectivity index (χ1n) is 8.26. The van der Waals surface area contributed by atoms with Crippen LogP contribution in [0.1, 0.15) is 57.2 Å². The van der Waals surface area contributed by atoms with Gasteiger partial charge in [0, 0.05) is 32.3 Å². The molecule has 1 saturated carbocycles. The molecular weight excluding hydrogens is 266 g/mol. The number of hydrogen-bond donors (Lipinski definition) is 2. The average Bonchev–Trinajstić information content (AvgIpc) is 3.09. The Morgan fingerprint density at radius 3 is 2.95 bits per heavy atom. The van der Waals surface area contributed by atoms with Gasteiger partial charge in [0.2, 0.25) is 0 Å². The van der Waals surface area contributed by atoms with Crippen LogP contribution in [0.2, 0.25) is 0 Å². The summed E-state index contributed by atoms with van der Waals surface area (Å²) in [6, 6.07) is 2.67. The van der Waals surface area contributed by atoms with E-state index < -0.39 is 5.60 Å². The van der Waals surface area contributed by atoms with Gasteiger partial charge in [0.1, 0.15) is 5.60 Å². The van der Waals surface area contributed by atoms with Gasteiger partial charge in [-0.25, -0.2) is 0 Å². The van der Waals surface area contributed by atoms with E-state index in [-0.39, 0.29) is 6.10 Å². The van der Waals surface area contributed by atoms with E-state index >= 15 is 0 Å². The van der Waals surface area contributed by atoms with Gasteiger partial charge in [0.25, 0.3) is 0 Å². The molecule has 3 rings (SSSR count). The van der Waals surface area contributed by atoms with E-state index in [9.17, 15) is 5.11 Å². The average molecular weight is 293 g/mol. The Bertz CT molecular complexity index is 456. The molecule has 1 aliphatic heterocycles. The van der Waals surface area contributed by atoms with Gasteiger partial charge >= 0.3 is 0 Å². The Balaban J connectivity index is 1.48. The summed E-state index contributed by atoms with van der Waals surface area (Å²) >= 11 is 0. The maximum atomic E-state index is 10.4. The zero-order chi connectivity index (χ0) is 14.7. The van der Waals surface area contributed by atoms with Crippen LogP contribution in [0.25, 0.3) is 0 Å². The third-order valence-corrected chi connectivity index (χ3v) is 5.01. The molecule has 2 fully saturated rings. The molecule has 2 atom stereocenters. The van der Waals surface area contributed by atoms with Gasteiger partial charge in [-0.3, -0.25) is 4.68 Å². The molecule has 0 aromatic carbocycles. The number of aromatic nitrogens is 2. The minimum atomic E-state index is -0.730. The molecule has 0 bridgehead atoms. The van der Waals surface area contributed by atoms with Crippen LogP contribution < -0.4 is 5.32 Å². The number of aliphatic hydroxyl groups is 1. The Morgan fingerprint density at radius 2 is 2.24 bits per heavy atom. The standard InChI is InChI=1S/C16H27N3O2/c1-13-16(20,8-10-21-13)12-17-11-14-7-9-19(18-14)15-5-3-2-4-6-15/h7,9,13,15,17,20H,2-6,8,10-12H2,1H3. The normalized spacial score (nSPS) is 30.9. The SMILES string of the molecule is CC1OCCC1(O)CNCc1ccn(C2CCCCC2)n1. The van der Waals surface area contributed by atoms with Gasteiger partial charge in [-0.1, -0.05) is 19.3 Å². The van der Waals surface area contributed by atoms with Gasteiger partial charge in [0.05, 0.1) is 17.8 Å². The first-order valence-corrected chi connectivity index (χ1v) is 8.26. The zero-order valence-electron chi connectivity index (χ0n) is 12.9. The molecule has 1 aromatic rings. The van der Waals surface area contributed by atoms with Crippen LogP contribution in [-0.2, 0) is 11.3 Å². The van der Waals surface area contributed by atoms with E-state index in [2.05, 4.69) is 27.4 Å².